The van der Waals surface area contributed by atoms with Crippen molar-refractivity contribution in [3.8, 4) is 0 Å². The van der Waals surface area contributed by atoms with Gasteiger partial charge in [0.1, 0.15) is 5.82 Å². The zero-order valence-corrected chi connectivity index (χ0v) is 17.3. The minimum Gasteiger partial charge on any atom is -0.369 e. The fourth-order valence-corrected chi connectivity index (χ4v) is 4.28. The first-order chi connectivity index (χ1) is 14.6. The first-order valence-corrected chi connectivity index (χ1v) is 10.9. The lowest BCUT2D eigenvalue weighted by Gasteiger charge is -2.31. The second-order valence-electron chi connectivity index (χ2n) is 7.23. The van der Waals surface area contributed by atoms with Gasteiger partial charge in [-0.2, -0.15) is 0 Å². The number of fused-ring (bicyclic) bond motifs is 1. The molecule has 154 valence electrons. The number of amides is 2. The van der Waals surface area contributed by atoms with Crippen LogP contribution >= 0.6 is 11.8 Å². The third-order valence-electron chi connectivity index (χ3n) is 5.12. The fraction of sp³-hybridized carbons (Fsp3) is 0.273. The molecule has 1 fully saturated rings. The van der Waals surface area contributed by atoms with Crippen LogP contribution in [0.15, 0.2) is 59.8 Å². The Morgan fingerprint density at radius 1 is 1.10 bits per heavy atom. The summed E-state index contributed by atoms with van der Waals surface area (Å²) in [5, 5.41) is 4.79. The molecule has 7 nitrogen and oxygen atoms in total. The zero-order valence-electron chi connectivity index (χ0n) is 16.5. The molecule has 3 N–H and O–H groups in total. The molecule has 30 heavy (non-hydrogen) atoms. The first-order valence-electron chi connectivity index (χ1n) is 9.89. The number of primary amides is 1. The standard InChI is InChI=1S/C22H23N5O2S/c23-20(29)15-7-6-12-27(13-15)19(28)14-30-22-25-18-11-5-4-10-17(18)21(26-22)24-16-8-2-1-3-9-16/h1-5,8-11,15H,6-7,12-14H2,(H2,23,29)(H,24,25,26). The van der Waals surface area contributed by atoms with Crippen molar-refractivity contribution in [3.63, 3.8) is 0 Å². The van der Waals surface area contributed by atoms with Crippen LogP contribution < -0.4 is 11.1 Å². The third-order valence-corrected chi connectivity index (χ3v) is 5.95. The zero-order chi connectivity index (χ0) is 20.9. The van der Waals surface area contributed by atoms with Crippen molar-refractivity contribution in [2.75, 3.05) is 24.2 Å². The Morgan fingerprint density at radius 3 is 2.67 bits per heavy atom. The number of para-hydroxylation sites is 2. The maximum atomic E-state index is 12.7. The summed E-state index contributed by atoms with van der Waals surface area (Å²) >= 11 is 1.30. The summed E-state index contributed by atoms with van der Waals surface area (Å²) in [5.41, 5.74) is 7.16. The van der Waals surface area contributed by atoms with E-state index in [0.717, 1.165) is 29.4 Å². The molecule has 0 bridgehead atoms. The van der Waals surface area contributed by atoms with E-state index in [9.17, 15) is 9.59 Å². The van der Waals surface area contributed by atoms with Crippen molar-refractivity contribution >= 4 is 46.0 Å². The molecule has 0 spiro atoms. The molecular formula is C22H23N5O2S. The molecular weight excluding hydrogens is 398 g/mol. The molecule has 1 saturated heterocycles. The largest absolute Gasteiger partial charge is 0.369 e. The number of hydrogen-bond acceptors (Lipinski definition) is 6. The lowest BCUT2D eigenvalue weighted by Crippen LogP contribution is -2.44. The average Bonchev–Trinajstić information content (AvgIpc) is 2.78. The van der Waals surface area contributed by atoms with E-state index < -0.39 is 0 Å². The number of nitrogens with zero attached hydrogens (tertiary/aromatic N) is 3. The van der Waals surface area contributed by atoms with E-state index >= 15 is 0 Å². The lowest BCUT2D eigenvalue weighted by atomic mass is 9.97. The minimum absolute atomic E-state index is 0.0275. The van der Waals surface area contributed by atoms with Gasteiger partial charge in [-0.1, -0.05) is 42.1 Å². The molecule has 1 unspecified atom stereocenters. The number of benzene rings is 2. The van der Waals surface area contributed by atoms with Crippen LogP contribution in [0.4, 0.5) is 11.5 Å². The summed E-state index contributed by atoms with van der Waals surface area (Å²) in [4.78, 5) is 35.1. The molecule has 2 amide bonds. The molecule has 2 aromatic carbocycles. The predicted octanol–water partition coefficient (Wildman–Crippen LogP) is 3.19. The Labute approximate surface area is 179 Å². The summed E-state index contributed by atoms with van der Waals surface area (Å²) in [7, 11) is 0. The van der Waals surface area contributed by atoms with Crippen LogP contribution in [0.3, 0.4) is 0 Å². The molecule has 8 heteroatoms. The van der Waals surface area contributed by atoms with Gasteiger partial charge in [-0.25, -0.2) is 9.97 Å². The average molecular weight is 422 g/mol. The van der Waals surface area contributed by atoms with Crippen LogP contribution in [-0.4, -0.2) is 45.5 Å². The van der Waals surface area contributed by atoms with E-state index in [2.05, 4.69) is 15.3 Å². The van der Waals surface area contributed by atoms with Gasteiger partial charge in [-0.3, -0.25) is 9.59 Å². The molecule has 0 saturated carbocycles. The van der Waals surface area contributed by atoms with Gasteiger partial charge < -0.3 is 16.0 Å². The number of nitrogens with one attached hydrogen (secondary N) is 1. The number of carbonyl (C=O) groups is 2. The lowest BCUT2D eigenvalue weighted by molar-refractivity contribution is -0.132. The topological polar surface area (TPSA) is 101 Å². The molecule has 1 atom stereocenters. The van der Waals surface area contributed by atoms with Crippen LogP contribution in [0.5, 0.6) is 0 Å². The summed E-state index contributed by atoms with van der Waals surface area (Å²) in [6.07, 6.45) is 1.54. The summed E-state index contributed by atoms with van der Waals surface area (Å²) in [6, 6.07) is 17.6. The van der Waals surface area contributed by atoms with Crippen molar-refractivity contribution in [3.05, 3.63) is 54.6 Å². The normalized spacial score (nSPS) is 16.4. The van der Waals surface area contributed by atoms with Crippen LogP contribution in [0.25, 0.3) is 10.9 Å². The summed E-state index contributed by atoms with van der Waals surface area (Å²) < 4.78 is 0. The molecule has 2 heterocycles. The number of thioether (sulfide) groups is 1. The number of aromatic nitrogens is 2. The van der Waals surface area contributed by atoms with Crippen molar-refractivity contribution in [1.29, 1.82) is 0 Å². The van der Waals surface area contributed by atoms with Gasteiger partial charge in [0.25, 0.3) is 0 Å². The molecule has 0 radical (unpaired) electrons. The van der Waals surface area contributed by atoms with Crippen molar-refractivity contribution < 1.29 is 9.59 Å². The van der Waals surface area contributed by atoms with E-state index in [1.165, 1.54) is 11.8 Å². The molecule has 0 aliphatic carbocycles. The quantitative estimate of drug-likeness (QED) is 0.468. The highest BCUT2D eigenvalue weighted by atomic mass is 32.2. The van der Waals surface area contributed by atoms with Crippen molar-refractivity contribution in [2.45, 2.75) is 18.0 Å². The van der Waals surface area contributed by atoms with Gasteiger partial charge in [-0.05, 0) is 37.1 Å². The number of hydrogen-bond donors (Lipinski definition) is 2. The Bertz CT molecular complexity index is 1060. The highest BCUT2D eigenvalue weighted by Gasteiger charge is 2.27. The van der Waals surface area contributed by atoms with E-state index in [1.54, 1.807) is 4.90 Å². The van der Waals surface area contributed by atoms with Crippen molar-refractivity contribution in [2.24, 2.45) is 11.7 Å². The first kappa shape index (κ1) is 20.2. The van der Waals surface area contributed by atoms with E-state index in [0.29, 0.717) is 24.1 Å². The number of anilines is 2. The van der Waals surface area contributed by atoms with Gasteiger partial charge in [0, 0.05) is 24.2 Å². The predicted molar refractivity (Wildman–Crippen MR) is 118 cm³/mol. The number of carbonyl (C=O) groups excluding carboxylic acids is 2. The third kappa shape index (κ3) is 4.71. The molecule has 1 aromatic heterocycles. The van der Waals surface area contributed by atoms with E-state index in [4.69, 9.17) is 5.73 Å². The van der Waals surface area contributed by atoms with Crippen molar-refractivity contribution in [1.82, 2.24) is 14.9 Å². The highest BCUT2D eigenvalue weighted by molar-refractivity contribution is 7.99. The Hall–Kier alpha value is -3.13. The maximum Gasteiger partial charge on any atom is 0.233 e. The maximum absolute atomic E-state index is 12.7. The van der Waals surface area contributed by atoms with Crippen LogP contribution in [0.2, 0.25) is 0 Å². The van der Waals surface area contributed by atoms with E-state index in [1.807, 2.05) is 54.6 Å². The minimum atomic E-state index is -0.338. The van der Waals surface area contributed by atoms with Crippen LogP contribution in [0, 0.1) is 5.92 Å². The number of nitrogens with two attached hydrogens (primary N) is 1. The molecule has 1 aliphatic heterocycles. The van der Waals surface area contributed by atoms with E-state index in [-0.39, 0.29) is 23.5 Å². The Morgan fingerprint density at radius 2 is 1.87 bits per heavy atom. The molecule has 1 aliphatic rings. The van der Waals surface area contributed by atoms with Crippen LogP contribution in [-0.2, 0) is 9.59 Å². The van der Waals surface area contributed by atoms with Gasteiger partial charge in [0.2, 0.25) is 11.8 Å². The summed E-state index contributed by atoms with van der Waals surface area (Å²) in [5.74, 6) is 0.295. The smallest absolute Gasteiger partial charge is 0.233 e. The monoisotopic (exact) mass is 421 g/mol. The van der Waals surface area contributed by atoms with Gasteiger partial charge >= 0.3 is 0 Å². The Kier molecular flexibility index (Phi) is 6.13. The number of likely N-dealkylation sites (tertiary alicyclic amines) is 1. The number of rotatable bonds is 6. The van der Waals surface area contributed by atoms with Gasteiger partial charge in [0.15, 0.2) is 5.16 Å². The Balaban J connectivity index is 1.50. The SMILES string of the molecule is NC(=O)C1CCCN(C(=O)CSc2nc(Nc3ccccc3)c3ccccc3n2)C1. The second-order valence-corrected chi connectivity index (χ2v) is 8.18. The molecule has 4 rings (SSSR count). The van der Waals surface area contributed by atoms with Gasteiger partial charge in [-0.15, -0.1) is 0 Å². The molecule has 3 aromatic rings. The second kappa shape index (κ2) is 9.13. The highest BCUT2D eigenvalue weighted by Crippen LogP contribution is 2.27. The van der Waals surface area contributed by atoms with Gasteiger partial charge in [0.05, 0.1) is 17.2 Å². The fourth-order valence-electron chi connectivity index (χ4n) is 3.53. The number of piperidine rings is 1. The summed E-state index contributed by atoms with van der Waals surface area (Å²) in [6.45, 7) is 1.05. The van der Waals surface area contributed by atoms with Crippen LogP contribution in [0.1, 0.15) is 12.8 Å².